The number of rotatable bonds is 3. The van der Waals surface area contributed by atoms with Crippen molar-refractivity contribution in [3.05, 3.63) is 48.2 Å². The van der Waals surface area contributed by atoms with Crippen molar-refractivity contribution < 1.29 is 4.42 Å². The molecule has 126 valence electrons. The van der Waals surface area contributed by atoms with Crippen molar-refractivity contribution in [1.29, 1.82) is 0 Å². The van der Waals surface area contributed by atoms with Crippen molar-refractivity contribution in [2.75, 3.05) is 19.6 Å². The molecule has 5 rings (SSSR count). The van der Waals surface area contributed by atoms with Crippen LogP contribution in [0, 0.1) is 5.92 Å². The van der Waals surface area contributed by atoms with Gasteiger partial charge in [0.2, 0.25) is 0 Å². The van der Waals surface area contributed by atoms with Gasteiger partial charge in [-0.1, -0.05) is 24.3 Å². The zero-order chi connectivity index (χ0) is 14.1. The molecule has 0 unspecified atom stereocenters. The molecule has 3 nitrogen and oxygen atoms in total. The summed E-state index contributed by atoms with van der Waals surface area (Å²) in [6.45, 7) is 4.58. The third-order valence-corrected chi connectivity index (χ3v) is 4.91. The van der Waals surface area contributed by atoms with Gasteiger partial charge in [-0.05, 0) is 43.0 Å². The topological polar surface area (TPSA) is 28.4 Å². The van der Waals surface area contributed by atoms with E-state index >= 15 is 0 Å². The van der Waals surface area contributed by atoms with Crippen molar-refractivity contribution in [2.45, 2.75) is 25.4 Å². The first-order valence-electron chi connectivity index (χ1n) is 7.97. The minimum absolute atomic E-state index is 0. The molecule has 4 heterocycles. The zero-order valence-electron chi connectivity index (χ0n) is 13.1. The summed E-state index contributed by atoms with van der Waals surface area (Å²) in [5.74, 6) is 1.79. The standard InChI is InChI=1S/C18H22N2O.2ClH/c1-2-5-17(18-6-3-9-21-18)15(4-1)13-20-12-14-7-8-16(20)11-19-10-14;;/h1-6,9,14,16,19H,7-8,10-13H2;2*1H/t14-,16+;;/m1../s1. The van der Waals surface area contributed by atoms with Gasteiger partial charge in [0.1, 0.15) is 5.76 Å². The SMILES string of the molecule is Cl.Cl.c1coc(-c2ccccc2CN2C[C@@H]3CC[C@H]2CNC3)c1. The predicted molar refractivity (Wildman–Crippen MR) is 98.4 cm³/mol. The Morgan fingerprint density at radius 1 is 1.04 bits per heavy atom. The van der Waals surface area contributed by atoms with Crippen molar-refractivity contribution >= 4 is 24.8 Å². The van der Waals surface area contributed by atoms with Crippen LogP contribution in [-0.4, -0.2) is 30.6 Å². The number of benzene rings is 1. The van der Waals surface area contributed by atoms with Crippen LogP contribution in [0.1, 0.15) is 18.4 Å². The quantitative estimate of drug-likeness (QED) is 0.903. The van der Waals surface area contributed by atoms with Crippen molar-refractivity contribution in [3.8, 4) is 11.3 Å². The summed E-state index contributed by atoms with van der Waals surface area (Å²) in [6, 6.07) is 13.3. The first-order chi connectivity index (χ1) is 10.4. The predicted octanol–water partition coefficient (Wildman–Crippen LogP) is 3.97. The average molecular weight is 355 g/mol. The fourth-order valence-corrected chi connectivity index (χ4v) is 3.78. The van der Waals surface area contributed by atoms with E-state index in [1.54, 1.807) is 6.26 Å². The largest absolute Gasteiger partial charge is 0.464 e. The molecule has 0 spiro atoms. The number of hydrogen-bond donors (Lipinski definition) is 1. The number of fused-ring (bicyclic) bond motifs is 4. The second-order valence-electron chi connectivity index (χ2n) is 6.32. The maximum Gasteiger partial charge on any atom is 0.134 e. The second kappa shape index (κ2) is 8.20. The molecule has 2 aromatic rings. The van der Waals surface area contributed by atoms with Crippen molar-refractivity contribution in [3.63, 3.8) is 0 Å². The van der Waals surface area contributed by atoms with Crippen LogP contribution in [0.3, 0.4) is 0 Å². The van der Waals surface area contributed by atoms with Gasteiger partial charge in [-0.25, -0.2) is 0 Å². The highest BCUT2D eigenvalue weighted by atomic mass is 35.5. The lowest BCUT2D eigenvalue weighted by Crippen LogP contribution is -2.43. The molecule has 0 radical (unpaired) electrons. The van der Waals surface area contributed by atoms with Crippen LogP contribution in [0.5, 0.6) is 0 Å². The van der Waals surface area contributed by atoms with Crippen LogP contribution in [0.2, 0.25) is 0 Å². The Morgan fingerprint density at radius 2 is 1.91 bits per heavy atom. The fraction of sp³-hybridized carbons (Fsp3) is 0.444. The maximum atomic E-state index is 5.61. The smallest absolute Gasteiger partial charge is 0.134 e. The molecule has 3 aliphatic heterocycles. The minimum Gasteiger partial charge on any atom is -0.464 e. The van der Waals surface area contributed by atoms with Gasteiger partial charge in [0, 0.05) is 31.2 Å². The summed E-state index contributed by atoms with van der Waals surface area (Å²) in [7, 11) is 0. The molecular formula is C18H24Cl2N2O. The van der Waals surface area contributed by atoms with E-state index in [4.69, 9.17) is 4.42 Å². The number of nitrogens with one attached hydrogen (secondary N) is 1. The molecule has 0 aliphatic carbocycles. The molecule has 1 aromatic heterocycles. The molecule has 2 bridgehead atoms. The van der Waals surface area contributed by atoms with Gasteiger partial charge < -0.3 is 9.73 Å². The monoisotopic (exact) mass is 354 g/mol. The van der Waals surface area contributed by atoms with Crippen LogP contribution in [0.4, 0.5) is 0 Å². The van der Waals surface area contributed by atoms with Crippen LogP contribution in [0.15, 0.2) is 47.1 Å². The Kier molecular flexibility index (Phi) is 6.54. The molecule has 0 saturated carbocycles. The molecule has 3 aliphatic rings. The highest BCUT2D eigenvalue weighted by Gasteiger charge is 2.31. The molecule has 5 heteroatoms. The van der Waals surface area contributed by atoms with Crippen LogP contribution < -0.4 is 5.32 Å². The van der Waals surface area contributed by atoms with Gasteiger partial charge >= 0.3 is 0 Å². The first kappa shape index (κ1) is 18.3. The Balaban J connectivity index is 0.000000960. The summed E-state index contributed by atoms with van der Waals surface area (Å²) >= 11 is 0. The fourth-order valence-electron chi connectivity index (χ4n) is 3.78. The molecule has 2 atom stereocenters. The number of hydrogen-bond acceptors (Lipinski definition) is 3. The van der Waals surface area contributed by atoms with Gasteiger partial charge in [0.25, 0.3) is 0 Å². The number of piperidine rings is 1. The Morgan fingerprint density at radius 3 is 2.74 bits per heavy atom. The normalized spacial score (nSPS) is 23.7. The molecule has 3 fully saturated rings. The van der Waals surface area contributed by atoms with E-state index in [0.717, 1.165) is 24.8 Å². The third kappa shape index (κ3) is 3.92. The lowest BCUT2D eigenvalue weighted by Gasteiger charge is -2.36. The number of nitrogens with zero attached hydrogens (tertiary/aromatic N) is 1. The highest BCUT2D eigenvalue weighted by molar-refractivity contribution is 5.85. The molecule has 1 N–H and O–H groups in total. The molecular weight excluding hydrogens is 331 g/mol. The van der Waals surface area contributed by atoms with Gasteiger partial charge in [0.05, 0.1) is 6.26 Å². The van der Waals surface area contributed by atoms with Gasteiger partial charge in [-0.15, -0.1) is 24.8 Å². The molecule has 0 amide bonds. The van der Waals surface area contributed by atoms with E-state index < -0.39 is 0 Å². The third-order valence-electron chi connectivity index (χ3n) is 4.91. The lowest BCUT2D eigenvalue weighted by molar-refractivity contribution is 0.126. The number of furan rings is 1. The van der Waals surface area contributed by atoms with Gasteiger partial charge in [-0.2, -0.15) is 0 Å². The van der Waals surface area contributed by atoms with Crippen molar-refractivity contribution in [2.24, 2.45) is 5.92 Å². The molecule has 23 heavy (non-hydrogen) atoms. The van der Waals surface area contributed by atoms with E-state index in [1.165, 1.54) is 37.1 Å². The highest BCUT2D eigenvalue weighted by Crippen LogP contribution is 2.29. The van der Waals surface area contributed by atoms with E-state index in [1.807, 2.05) is 6.07 Å². The summed E-state index contributed by atoms with van der Waals surface area (Å²) < 4.78 is 5.61. The van der Waals surface area contributed by atoms with Crippen LogP contribution >= 0.6 is 24.8 Å². The van der Waals surface area contributed by atoms with E-state index in [-0.39, 0.29) is 24.8 Å². The van der Waals surface area contributed by atoms with Crippen LogP contribution in [-0.2, 0) is 6.54 Å². The van der Waals surface area contributed by atoms with E-state index in [2.05, 4.69) is 40.5 Å². The van der Waals surface area contributed by atoms with E-state index in [0.29, 0.717) is 6.04 Å². The molecule has 1 aromatic carbocycles. The zero-order valence-corrected chi connectivity index (χ0v) is 14.7. The van der Waals surface area contributed by atoms with Crippen LogP contribution in [0.25, 0.3) is 11.3 Å². The van der Waals surface area contributed by atoms with Crippen molar-refractivity contribution in [1.82, 2.24) is 10.2 Å². The average Bonchev–Trinajstić information content (AvgIpc) is 2.87. The Labute approximate surface area is 150 Å². The first-order valence-corrected chi connectivity index (χ1v) is 7.97. The molecule has 3 saturated heterocycles. The maximum absolute atomic E-state index is 5.61. The summed E-state index contributed by atoms with van der Waals surface area (Å²) in [4.78, 5) is 2.66. The van der Waals surface area contributed by atoms with Gasteiger partial charge in [-0.3, -0.25) is 4.90 Å². The number of halogens is 2. The Bertz CT molecular complexity index is 599. The summed E-state index contributed by atoms with van der Waals surface area (Å²) in [5, 5.41) is 3.61. The summed E-state index contributed by atoms with van der Waals surface area (Å²) in [5.41, 5.74) is 2.61. The minimum atomic E-state index is 0. The summed E-state index contributed by atoms with van der Waals surface area (Å²) in [6.07, 6.45) is 4.47. The van der Waals surface area contributed by atoms with E-state index in [9.17, 15) is 0 Å². The van der Waals surface area contributed by atoms with Gasteiger partial charge in [0.15, 0.2) is 0 Å². The Hall–Kier alpha value is -1.00. The lowest BCUT2D eigenvalue weighted by atomic mass is 9.94. The second-order valence-corrected chi connectivity index (χ2v) is 6.32.